The molecule has 0 aromatic carbocycles. The quantitative estimate of drug-likeness (QED) is 0.789. The molecule has 0 aromatic heterocycles. The van der Waals surface area contributed by atoms with Gasteiger partial charge in [-0.05, 0) is 6.92 Å². The van der Waals surface area contributed by atoms with Crippen LogP contribution in [-0.4, -0.2) is 47.1 Å². The zero-order valence-corrected chi connectivity index (χ0v) is 11.6. The molecule has 2 aliphatic rings. The molecule has 0 spiro atoms. The molecule has 5 nitrogen and oxygen atoms in total. The smallest absolute Gasteiger partial charge is 0.362 e. The number of nitrogens with zero attached hydrogens (tertiary/aromatic N) is 2. The fourth-order valence-electron chi connectivity index (χ4n) is 1.84. The van der Waals surface area contributed by atoms with Gasteiger partial charge < -0.3 is 10.0 Å². The molecule has 0 amide bonds. The molecule has 10 heteroatoms. The second kappa shape index (κ2) is 4.13. The lowest BCUT2D eigenvalue weighted by Crippen LogP contribution is -2.55. The van der Waals surface area contributed by atoms with Crippen molar-refractivity contribution in [1.82, 2.24) is 4.90 Å². The molecule has 2 aliphatic heterocycles. The Hall–Kier alpha value is -0.740. The third-order valence-electron chi connectivity index (χ3n) is 2.79. The fourth-order valence-corrected chi connectivity index (χ4v) is 3.95. The molecule has 0 aromatic rings. The van der Waals surface area contributed by atoms with E-state index in [4.69, 9.17) is 0 Å². The molecule has 19 heavy (non-hydrogen) atoms. The highest BCUT2D eigenvalue weighted by molar-refractivity contribution is 8.17. The molecule has 0 unspecified atom stereocenters. The van der Waals surface area contributed by atoms with E-state index in [1.807, 2.05) is 0 Å². The van der Waals surface area contributed by atoms with Gasteiger partial charge in [0.25, 0.3) is 5.72 Å². The van der Waals surface area contributed by atoms with E-state index in [1.165, 1.54) is 6.20 Å². The Kier molecular flexibility index (Phi) is 3.18. The van der Waals surface area contributed by atoms with Crippen molar-refractivity contribution < 1.29 is 26.7 Å². The zero-order chi connectivity index (χ0) is 14.6. The summed E-state index contributed by atoms with van der Waals surface area (Å²) in [4.78, 5) is 5.05. The van der Waals surface area contributed by atoms with Crippen LogP contribution < -0.4 is 0 Å². The Balaban J connectivity index is 2.53. The van der Waals surface area contributed by atoms with Crippen LogP contribution in [0.1, 0.15) is 13.3 Å². The van der Waals surface area contributed by atoms with Crippen molar-refractivity contribution in [3.05, 3.63) is 11.1 Å². The summed E-state index contributed by atoms with van der Waals surface area (Å²) in [5.74, 6) is 0. The first kappa shape index (κ1) is 14.7. The normalized spacial score (nSPS) is 31.9. The van der Waals surface area contributed by atoms with E-state index in [2.05, 4.69) is 4.99 Å². The zero-order valence-electron chi connectivity index (χ0n) is 9.97. The third-order valence-corrected chi connectivity index (χ3v) is 5.09. The summed E-state index contributed by atoms with van der Waals surface area (Å²) in [5.41, 5.74) is -3.36. The largest absolute Gasteiger partial charge is 0.438 e. The standard InChI is InChI=1S/C9H11F3N2O3S2/c1-5-4-14-6(19(2,16)17)3-8(15,9(10,11)12)13-7(14)18-5/h4,6,15H,3H2,1-2H3/t6-,8-/m1/s1. The molecule has 0 fully saturated rings. The topological polar surface area (TPSA) is 70.0 Å². The van der Waals surface area contributed by atoms with Crippen LogP contribution in [0.2, 0.25) is 0 Å². The van der Waals surface area contributed by atoms with E-state index in [1.54, 1.807) is 6.92 Å². The molecule has 2 atom stereocenters. The van der Waals surface area contributed by atoms with Crippen LogP contribution in [0.4, 0.5) is 13.2 Å². The molecule has 108 valence electrons. The van der Waals surface area contributed by atoms with Gasteiger partial charge in [-0.15, -0.1) is 0 Å². The van der Waals surface area contributed by atoms with Crippen LogP contribution in [0.25, 0.3) is 0 Å². The maximum absolute atomic E-state index is 12.8. The number of sulfone groups is 1. The van der Waals surface area contributed by atoms with Crippen LogP contribution in [0, 0.1) is 0 Å². The molecule has 0 saturated heterocycles. The summed E-state index contributed by atoms with van der Waals surface area (Å²) in [6.07, 6.45) is -3.80. The Morgan fingerprint density at radius 3 is 2.63 bits per heavy atom. The molecule has 0 aliphatic carbocycles. The van der Waals surface area contributed by atoms with E-state index < -0.39 is 33.5 Å². The van der Waals surface area contributed by atoms with Gasteiger partial charge in [-0.1, -0.05) is 11.8 Å². The second-order valence-corrected chi connectivity index (χ2v) is 7.86. The van der Waals surface area contributed by atoms with Gasteiger partial charge in [-0.3, -0.25) is 0 Å². The van der Waals surface area contributed by atoms with E-state index in [-0.39, 0.29) is 5.17 Å². The summed E-state index contributed by atoms with van der Waals surface area (Å²) >= 11 is 0.900. The number of aliphatic imine (C=N–C) groups is 1. The van der Waals surface area contributed by atoms with Gasteiger partial charge in [-0.2, -0.15) is 13.2 Å². The Morgan fingerprint density at radius 2 is 2.16 bits per heavy atom. The van der Waals surface area contributed by atoms with E-state index in [0.29, 0.717) is 4.91 Å². The van der Waals surface area contributed by atoms with E-state index in [0.717, 1.165) is 22.9 Å². The van der Waals surface area contributed by atoms with Crippen LogP contribution in [0.3, 0.4) is 0 Å². The molecule has 2 heterocycles. The minimum absolute atomic E-state index is 0.154. The third kappa shape index (κ3) is 2.48. The van der Waals surface area contributed by atoms with Gasteiger partial charge in [0.1, 0.15) is 5.37 Å². The molecule has 0 bridgehead atoms. The van der Waals surface area contributed by atoms with Crippen molar-refractivity contribution in [1.29, 1.82) is 0 Å². The van der Waals surface area contributed by atoms with E-state index >= 15 is 0 Å². The Morgan fingerprint density at radius 1 is 1.58 bits per heavy atom. The monoisotopic (exact) mass is 316 g/mol. The summed E-state index contributed by atoms with van der Waals surface area (Å²) in [6, 6.07) is 0. The average molecular weight is 316 g/mol. The second-order valence-electron chi connectivity index (χ2n) is 4.45. The van der Waals surface area contributed by atoms with Crippen molar-refractivity contribution in [2.75, 3.05) is 6.26 Å². The number of hydrogen-bond acceptors (Lipinski definition) is 6. The fraction of sp³-hybridized carbons (Fsp3) is 0.667. The summed E-state index contributed by atoms with van der Waals surface area (Å²) in [5, 5.41) is 8.01. The number of rotatable bonds is 1. The Labute approximate surface area is 112 Å². The van der Waals surface area contributed by atoms with Crippen molar-refractivity contribution >= 4 is 26.8 Å². The molecular formula is C9H11F3N2O3S2. The van der Waals surface area contributed by atoms with Crippen LogP contribution in [-0.2, 0) is 9.84 Å². The summed E-state index contributed by atoms with van der Waals surface area (Å²) < 4.78 is 61.8. The number of halogens is 3. The number of fused-ring (bicyclic) bond motifs is 1. The number of aliphatic hydroxyl groups is 1. The highest BCUT2D eigenvalue weighted by Gasteiger charge is 2.60. The first-order valence-electron chi connectivity index (χ1n) is 5.16. The molecule has 1 N–H and O–H groups in total. The van der Waals surface area contributed by atoms with Gasteiger partial charge in [0.15, 0.2) is 15.0 Å². The summed E-state index contributed by atoms with van der Waals surface area (Å²) in [7, 11) is -3.81. The van der Waals surface area contributed by atoms with Gasteiger partial charge in [-0.25, -0.2) is 13.4 Å². The predicted octanol–water partition coefficient (Wildman–Crippen LogP) is 1.28. The number of alkyl halides is 3. The number of thioether (sulfide) groups is 1. The minimum atomic E-state index is -5.02. The Bertz CT molecular complexity index is 570. The van der Waals surface area contributed by atoms with Crippen LogP contribution in [0.5, 0.6) is 0 Å². The highest BCUT2D eigenvalue weighted by Crippen LogP contribution is 2.44. The maximum atomic E-state index is 12.8. The van der Waals surface area contributed by atoms with Crippen molar-refractivity contribution in [2.24, 2.45) is 4.99 Å². The lowest BCUT2D eigenvalue weighted by Gasteiger charge is -2.38. The van der Waals surface area contributed by atoms with Crippen molar-refractivity contribution in [2.45, 2.75) is 30.6 Å². The predicted molar refractivity (Wildman–Crippen MR) is 64.9 cm³/mol. The van der Waals surface area contributed by atoms with E-state index in [9.17, 15) is 26.7 Å². The molecule has 2 rings (SSSR count). The van der Waals surface area contributed by atoms with Gasteiger partial charge in [0.05, 0.1) is 0 Å². The van der Waals surface area contributed by atoms with Gasteiger partial charge in [0, 0.05) is 23.8 Å². The van der Waals surface area contributed by atoms with Crippen molar-refractivity contribution in [3.63, 3.8) is 0 Å². The average Bonchev–Trinajstić information content (AvgIpc) is 2.53. The first-order chi connectivity index (χ1) is 8.44. The lowest BCUT2D eigenvalue weighted by atomic mass is 10.1. The maximum Gasteiger partial charge on any atom is 0.438 e. The van der Waals surface area contributed by atoms with Crippen LogP contribution in [0.15, 0.2) is 16.1 Å². The van der Waals surface area contributed by atoms with Gasteiger partial charge >= 0.3 is 6.18 Å². The van der Waals surface area contributed by atoms with Gasteiger partial charge in [0.2, 0.25) is 0 Å². The molecule has 0 radical (unpaired) electrons. The number of amidine groups is 1. The first-order valence-corrected chi connectivity index (χ1v) is 7.93. The highest BCUT2D eigenvalue weighted by atomic mass is 32.2. The van der Waals surface area contributed by atoms with Crippen molar-refractivity contribution in [3.8, 4) is 0 Å². The number of hydrogen-bond donors (Lipinski definition) is 1. The SMILES string of the molecule is CC1=CN2C(=N[C@](O)(C(F)(F)F)C[C@H]2S(C)(=O)=O)S1. The number of allylic oxidation sites excluding steroid dienone is 1. The molecular weight excluding hydrogens is 305 g/mol. The molecule has 0 saturated carbocycles. The van der Waals surface area contributed by atoms with Crippen LogP contribution >= 0.6 is 11.8 Å². The minimum Gasteiger partial charge on any atom is -0.362 e. The lowest BCUT2D eigenvalue weighted by molar-refractivity contribution is -0.262. The summed E-state index contributed by atoms with van der Waals surface area (Å²) in [6.45, 7) is 1.62.